The number of ketones is 1. The van der Waals surface area contributed by atoms with Gasteiger partial charge in [0, 0.05) is 25.1 Å². The van der Waals surface area contributed by atoms with Crippen LogP contribution in [0, 0.1) is 11.8 Å². The average Bonchev–Trinajstić information content (AvgIpc) is 3.09. The van der Waals surface area contributed by atoms with E-state index in [1.165, 1.54) is 0 Å². The molecule has 1 N–H and O–H groups in total. The zero-order valence-corrected chi connectivity index (χ0v) is 12.2. The Balaban J connectivity index is 1.64. The predicted octanol–water partition coefficient (Wildman–Crippen LogP) is 0.134. The molecule has 120 valence electrons. The molecule has 0 radical (unpaired) electrons. The summed E-state index contributed by atoms with van der Waals surface area (Å²) < 4.78 is 9.82. The van der Waals surface area contributed by atoms with Gasteiger partial charge in [-0.05, 0) is 19.3 Å². The van der Waals surface area contributed by atoms with E-state index in [2.05, 4.69) is 5.32 Å². The first kappa shape index (κ1) is 16.2. The Morgan fingerprint density at radius 1 is 1.05 bits per heavy atom. The highest BCUT2D eigenvalue weighted by Gasteiger charge is 2.26. The number of esters is 2. The van der Waals surface area contributed by atoms with Crippen molar-refractivity contribution in [1.82, 2.24) is 5.32 Å². The van der Waals surface area contributed by atoms with E-state index in [-0.39, 0.29) is 36.7 Å². The second-order valence-electron chi connectivity index (χ2n) is 5.43. The van der Waals surface area contributed by atoms with Gasteiger partial charge in [0.1, 0.15) is 19.0 Å². The monoisotopic (exact) mass is 309 g/mol. The minimum absolute atomic E-state index is 0.000625. The average molecular weight is 309 g/mol. The van der Waals surface area contributed by atoms with Crippen molar-refractivity contribution in [2.24, 2.45) is 11.8 Å². The molecule has 2 rings (SSSR count). The number of amides is 1. The van der Waals surface area contributed by atoms with E-state index >= 15 is 0 Å². The molecular formula is C15H19NO6. The fraction of sp³-hybridized carbons (Fsp3) is 0.600. The third-order valence-electron chi connectivity index (χ3n) is 3.80. The molecule has 1 aliphatic heterocycles. The molecule has 0 aromatic heterocycles. The van der Waals surface area contributed by atoms with Crippen molar-refractivity contribution in [1.29, 1.82) is 0 Å². The smallest absolute Gasteiger partial charge is 0.331 e. The van der Waals surface area contributed by atoms with Crippen LogP contribution in [0.2, 0.25) is 0 Å². The Bertz CT molecular complexity index is 454. The number of carbonyl (C=O) groups excluding carboxylic acids is 4. The fourth-order valence-electron chi connectivity index (χ4n) is 2.47. The van der Waals surface area contributed by atoms with Crippen molar-refractivity contribution in [3.05, 3.63) is 12.2 Å². The standard InChI is InChI=1S/C15H19NO6/c17-12-3-1-2-10(12)8-21-13(18)4-5-14(19)22-9-11-6-7-16-15(11)20/h4-5,10-11H,1-3,6-9H2,(H,16,20)/b5-4+. The van der Waals surface area contributed by atoms with Gasteiger partial charge < -0.3 is 14.8 Å². The maximum Gasteiger partial charge on any atom is 0.331 e. The van der Waals surface area contributed by atoms with Crippen LogP contribution >= 0.6 is 0 Å². The van der Waals surface area contributed by atoms with E-state index < -0.39 is 11.9 Å². The van der Waals surface area contributed by atoms with E-state index in [4.69, 9.17) is 9.47 Å². The third-order valence-corrected chi connectivity index (χ3v) is 3.80. The number of carbonyl (C=O) groups is 4. The van der Waals surface area contributed by atoms with Crippen LogP contribution in [0.5, 0.6) is 0 Å². The van der Waals surface area contributed by atoms with Crippen LogP contribution in [0.3, 0.4) is 0 Å². The van der Waals surface area contributed by atoms with Crippen molar-refractivity contribution in [2.75, 3.05) is 19.8 Å². The number of Topliss-reactive ketones (excluding diaryl/α,β-unsaturated/α-hetero) is 1. The van der Waals surface area contributed by atoms with E-state index in [0.29, 0.717) is 19.4 Å². The van der Waals surface area contributed by atoms with Gasteiger partial charge in [-0.15, -0.1) is 0 Å². The zero-order chi connectivity index (χ0) is 15.9. The zero-order valence-electron chi connectivity index (χ0n) is 12.2. The lowest BCUT2D eigenvalue weighted by Crippen LogP contribution is -2.23. The lowest BCUT2D eigenvalue weighted by Gasteiger charge is -2.07. The van der Waals surface area contributed by atoms with Crippen LogP contribution in [-0.2, 0) is 28.7 Å². The molecule has 0 bridgehead atoms. The quantitative estimate of drug-likeness (QED) is 0.553. The van der Waals surface area contributed by atoms with Gasteiger partial charge in [0.25, 0.3) is 0 Å². The van der Waals surface area contributed by atoms with Gasteiger partial charge in [-0.1, -0.05) is 0 Å². The second-order valence-corrected chi connectivity index (χ2v) is 5.43. The van der Waals surface area contributed by atoms with Crippen LogP contribution in [0.25, 0.3) is 0 Å². The lowest BCUT2D eigenvalue weighted by molar-refractivity contribution is -0.143. The number of hydrogen-bond donors (Lipinski definition) is 1. The van der Waals surface area contributed by atoms with Crippen LogP contribution < -0.4 is 5.32 Å². The van der Waals surface area contributed by atoms with Gasteiger partial charge in [-0.2, -0.15) is 0 Å². The summed E-state index contributed by atoms with van der Waals surface area (Å²) in [6.45, 7) is 0.642. The first-order valence-electron chi connectivity index (χ1n) is 7.38. The summed E-state index contributed by atoms with van der Waals surface area (Å²) in [5.41, 5.74) is 0. The predicted molar refractivity (Wildman–Crippen MR) is 74.5 cm³/mol. The Morgan fingerprint density at radius 2 is 1.68 bits per heavy atom. The minimum atomic E-state index is -0.700. The third kappa shape index (κ3) is 4.68. The SMILES string of the molecule is O=C(/C=C/C(=O)OCC1CCNC1=O)OCC1CCCC1=O. The Hall–Kier alpha value is -2.18. The maximum absolute atomic E-state index is 11.4. The van der Waals surface area contributed by atoms with Crippen molar-refractivity contribution in [3.8, 4) is 0 Å². The van der Waals surface area contributed by atoms with E-state index in [0.717, 1.165) is 25.0 Å². The largest absolute Gasteiger partial charge is 0.462 e. The molecule has 2 fully saturated rings. The maximum atomic E-state index is 11.4. The van der Waals surface area contributed by atoms with Gasteiger partial charge in [0.2, 0.25) is 5.91 Å². The molecule has 1 amide bonds. The molecule has 1 saturated heterocycles. The first-order valence-corrected chi connectivity index (χ1v) is 7.38. The van der Waals surface area contributed by atoms with Crippen LogP contribution in [0.1, 0.15) is 25.7 Å². The van der Waals surface area contributed by atoms with E-state index in [1.54, 1.807) is 0 Å². The number of nitrogens with one attached hydrogen (secondary N) is 1. The molecule has 0 spiro atoms. The first-order chi connectivity index (χ1) is 10.6. The minimum Gasteiger partial charge on any atom is -0.462 e. The van der Waals surface area contributed by atoms with Crippen molar-refractivity contribution >= 4 is 23.6 Å². The fourth-order valence-corrected chi connectivity index (χ4v) is 2.47. The topological polar surface area (TPSA) is 98.8 Å². The molecular weight excluding hydrogens is 290 g/mol. The molecule has 22 heavy (non-hydrogen) atoms. The summed E-state index contributed by atoms with van der Waals surface area (Å²) >= 11 is 0. The Kier molecular flexibility index (Phi) is 5.68. The highest BCUT2D eigenvalue weighted by Crippen LogP contribution is 2.21. The van der Waals surface area contributed by atoms with Gasteiger partial charge in [-0.25, -0.2) is 9.59 Å². The normalized spacial score (nSPS) is 24.5. The molecule has 2 aliphatic rings. The van der Waals surface area contributed by atoms with Gasteiger partial charge >= 0.3 is 11.9 Å². The summed E-state index contributed by atoms with van der Waals surface area (Å²) in [7, 11) is 0. The molecule has 1 heterocycles. The lowest BCUT2D eigenvalue weighted by atomic mass is 10.1. The van der Waals surface area contributed by atoms with E-state index in [1.807, 2.05) is 0 Å². The highest BCUT2D eigenvalue weighted by molar-refractivity contribution is 5.92. The molecule has 7 heteroatoms. The highest BCUT2D eigenvalue weighted by atomic mass is 16.5. The van der Waals surface area contributed by atoms with Gasteiger partial charge in [0.05, 0.1) is 11.8 Å². The van der Waals surface area contributed by atoms with Crippen molar-refractivity contribution < 1.29 is 28.7 Å². The molecule has 2 unspecified atom stereocenters. The summed E-state index contributed by atoms with van der Waals surface area (Å²) in [5.74, 6) is -1.94. The van der Waals surface area contributed by atoms with Gasteiger partial charge in [0.15, 0.2) is 0 Å². The molecule has 7 nitrogen and oxygen atoms in total. The Labute approximate surface area is 128 Å². The van der Waals surface area contributed by atoms with Crippen LogP contribution in [0.4, 0.5) is 0 Å². The van der Waals surface area contributed by atoms with Gasteiger partial charge in [-0.3, -0.25) is 9.59 Å². The molecule has 1 saturated carbocycles. The summed E-state index contributed by atoms with van der Waals surface area (Å²) in [4.78, 5) is 45.5. The summed E-state index contributed by atoms with van der Waals surface area (Å²) in [5, 5.41) is 2.64. The van der Waals surface area contributed by atoms with E-state index in [9.17, 15) is 19.2 Å². The van der Waals surface area contributed by atoms with Crippen LogP contribution in [0.15, 0.2) is 12.2 Å². The molecule has 2 atom stereocenters. The van der Waals surface area contributed by atoms with Crippen molar-refractivity contribution in [3.63, 3.8) is 0 Å². The molecule has 1 aliphatic carbocycles. The summed E-state index contributed by atoms with van der Waals surface area (Å²) in [6, 6.07) is 0. The number of ether oxygens (including phenoxy) is 2. The second kappa shape index (κ2) is 7.72. The van der Waals surface area contributed by atoms with Crippen molar-refractivity contribution in [2.45, 2.75) is 25.7 Å². The number of rotatable bonds is 6. The molecule has 0 aromatic carbocycles. The number of hydrogen-bond acceptors (Lipinski definition) is 6. The molecule has 0 aromatic rings. The summed E-state index contributed by atoms with van der Waals surface area (Å²) in [6.07, 6.45) is 4.67. The Morgan fingerprint density at radius 3 is 2.18 bits per heavy atom. The van der Waals surface area contributed by atoms with Crippen LogP contribution in [-0.4, -0.2) is 43.4 Å².